The van der Waals surface area contributed by atoms with Crippen LogP contribution in [0.4, 0.5) is 0 Å². The number of amides is 2. The van der Waals surface area contributed by atoms with Gasteiger partial charge in [-0.25, -0.2) is 0 Å². The molecule has 0 aromatic rings. The third-order valence-electron chi connectivity index (χ3n) is 3.07. The molecule has 1 aliphatic rings. The zero-order valence-electron chi connectivity index (χ0n) is 12.2. The average Bonchev–Trinajstić information content (AvgIpc) is 2.82. The first-order valence-corrected chi connectivity index (χ1v) is 16.7. The molecule has 113 valence electrons. The third kappa shape index (κ3) is 4.19. The molecule has 0 bridgehead atoms. The number of halogens is 2. The van der Waals surface area contributed by atoms with E-state index in [1.54, 1.807) is 33.8 Å². The van der Waals surface area contributed by atoms with Crippen LogP contribution >= 0.6 is 17.0 Å². The Bertz CT molecular complexity index is 459. The first-order chi connectivity index (χ1) is 9.05. The van der Waals surface area contributed by atoms with Crippen LogP contribution in [-0.2, 0) is 26.6 Å². The van der Waals surface area contributed by atoms with E-state index in [4.69, 9.17) is 17.0 Å². The molecule has 0 saturated carbocycles. The SMILES string of the molecule is CC(C)C(=O)[NH][Zr]([Cl])([Cl])([NH]C(=O)C(C)C)[C]1=CC=CC1. The van der Waals surface area contributed by atoms with Crippen LogP contribution in [0.15, 0.2) is 21.5 Å². The summed E-state index contributed by atoms with van der Waals surface area (Å²) in [6, 6.07) is 0. The van der Waals surface area contributed by atoms with Crippen molar-refractivity contribution < 1.29 is 26.6 Å². The van der Waals surface area contributed by atoms with Crippen LogP contribution < -0.4 is 6.52 Å². The van der Waals surface area contributed by atoms with E-state index in [9.17, 15) is 9.59 Å². The normalized spacial score (nSPS) is 16.8. The van der Waals surface area contributed by atoms with Crippen molar-refractivity contribution in [1.29, 1.82) is 0 Å². The molecule has 2 N–H and O–H groups in total. The average molecular weight is 399 g/mol. The minimum atomic E-state index is -5.03. The van der Waals surface area contributed by atoms with E-state index in [-0.39, 0.29) is 23.7 Å². The Labute approximate surface area is 129 Å². The molecule has 7 heteroatoms. The molecule has 0 aromatic heterocycles. The van der Waals surface area contributed by atoms with Crippen LogP contribution in [0, 0.1) is 11.8 Å². The van der Waals surface area contributed by atoms with E-state index in [0.29, 0.717) is 6.42 Å². The van der Waals surface area contributed by atoms with Crippen molar-refractivity contribution in [2.45, 2.75) is 34.1 Å². The molecule has 0 aliphatic heterocycles. The number of carbonyl (C=O) groups excluding carboxylic acids is 2. The van der Waals surface area contributed by atoms with Crippen LogP contribution in [0.25, 0.3) is 0 Å². The van der Waals surface area contributed by atoms with Crippen LogP contribution in [-0.4, -0.2) is 11.8 Å². The molecule has 0 heterocycles. The summed E-state index contributed by atoms with van der Waals surface area (Å²) in [5.41, 5.74) is 0. The van der Waals surface area contributed by atoms with Gasteiger partial charge in [0.2, 0.25) is 0 Å². The van der Waals surface area contributed by atoms with Crippen LogP contribution in [0.3, 0.4) is 0 Å². The van der Waals surface area contributed by atoms with E-state index < -0.39 is 17.0 Å². The minimum absolute atomic E-state index is 0.252. The van der Waals surface area contributed by atoms with Crippen LogP contribution in [0.1, 0.15) is 34.1 Å². The Morgan fingerprint density at radius 1 is 1.10 bits per heavy atom. The van der Waals surface area contributed by atoms with E-state index in [1.165, 1.54) is 0 Å². The predicted molar refractivity (Wildman–Crippen MR) is 79.5 cm³/mol. The molecule has 2 amide bonds. The fourth-order valence-electron chi connectivity index (χ4n) is 1.69. The molecule has 0 spiro atoms. The summed E-state index contributed by atoms with van der Waals surface area (Å²) in [6.45, 7) is 7.02. The van der Waals surface area contributed by atoms with Crippen molar-refractivity contribution in [3.05, 3.63) is 21.5 Å². The number of hydrogen-bond donors (Lipinski definition) is 2. The summed E-state index contributed by atoms with van der Waals surface area (Å²) < 4.78 is 6.24. The molecule has 0 aromatic carbocycles. The second-order valence-corrected chi connectivity index (χ2v) is 23.5. The molecule has 20 heavy (non-hydrogen) atoms. The monoisotopic (exact) mass is 397 g/mol. The van der Waals surface area contributed by atoms with Gasteiger partial charge in [-0.15, -0.1) is 0 Å². The van der Waals surface area contributed by atoms with Crippen molar-refractivity contribution in [3.63, 3.8) is 0 Å². The quantitative estimate of drug-likeness (QED) is 0.746. The molecule has 0 atom stereocenters. The number of rotatable bonds is 5. The molecule has 1 rings (SSSR count). The fraction of sp³-hybridized carbons (Fsp3) is 0.538. The summed E-state index contributed by atoms with van der Waals surface area (Å²) in [4.78, 5) is 24.1. The Kier molecular flexibility index (Phi) is 5.68. The van der Waals surface area contributed by atoms with Gasteiger partial charge < -0.3 is 0 Å². The molecule has 0 unspecified atom stereocenters. The van der Waals surface area contributed by atoms with E-state index in [2.05, 4.69) is 6.52 Å². The van der Waals surface area contributed by atoms with Crippen molar-refractivity contribution in [1.82, 2.24) is 6.52 Å². The van der Waals surface area contributed by atoms with Crippen molar-refractivity contribution >= 4 is 28.8 Å². The number of carbonyl (C=O) groups is 2. The van der Waals surface area contributed by atoms with E-state index in [1.807, 2.05) is 12.2 Å². The molecule has 4 nitrogen and oxygen atoms in total. The third-order valence-corrected chi connectivity index (χ3v) is 15.2. The molecule has 0 radical (unpaired) electrons. The molecule has 0 saturated heterocycles. The van der Waals surface area contributed by atoms with Crippen molar-refractivity contribution in [3.8, 4) is 0 Å². The first kappa shape index (κ1) is 17.9. The zero-order chi connectivity index (χ0) is 15.6. The van der Waals surface area contributed by atoms with Gasteiger partial charge in [-0.3, -0.25) is 0 Å². The second kappa shape index (κ2) is 6.33. The van der Waals surface area contributed by atoms with Crippen LogP contribution in [0.2, 0.25) is 0 Å². The van der Waals surface area contributed by atoms with Gasteiger partial charge in [0.25, 0.3) is 0 Å². The summed E-state index contributed by atoms with van der Waals surface area (Å²) in [6.07, 6.45) is 6.06. The van der Waals surface area contributed by atoms with E-state index in [0.717, 1.165) is 3.28 Å². The van der Waals surface area contributed by atoms with Gasteiger partial charge >= 0.3 is 129 Å². The Balaban J connectivity index is 3.11. The Morgan fingerprint density at radius 3 is 1.85 bits per heavy atom. The van der Waals surface area contributed by atoms with Gasteiger partial charge in [-0.1, -0.05) is 0 Å². The number of allylic oxidation sites excluding steroid dienone is 4. The first-order valence-electron chi connectivity index (χ1n) is 6.64. The van der Waals surface area contributed by atoms with Gasteiger partial charge in [0.15, 0.2) is 0 Å². The summed E-state index contributed by atoms with van der Waals surface area (Å²) in [5, 5.41) is 0. The van der Waals surface area contributed by atoms with Gasteiger partial charge in [-0.05, 0) is 0 Å². The molecule has 1 aliphatic carbocycles. The van der Waals surface area contributed by atoms with E-state index >= 15 is 0 Å². The van der Waals surface area contributed by atoms with Crippen LogP contribution in [0.5, 0.6) is 0 Å². The van der Waals surface area contributed by atoms with Gasteiger partial charge in [-0.2, -0.15) is 0 Å². The van der Waals surface area contributed by atoms with Crippen molar-refractivity contribution in [2.75, 3.05) is 0 Å². The summed E-state index contributed by atoms with van der Waals surface area (Å²) >= 11 is -5.03. The van der Waals surface area contributed by atoms with Gasteiger partial charge in [0, 0.05) is 0 Å². The summed E-state index contributed by atoms with van der Waals surface area (Å²) in [5.74, 6) is -1.02. The molecular weight excluding hydrogens is 378 g/mol. The second-order valence-electron chi connectivity index (χ2n) is 5.63. The fourth-order valence-corrected chi connectivity index (χ4v) is 12.2. The number of hydrogen-bond acceptors (Lipinski definition) is 2. The predicted octanol–water partition coefficient (Wildman–Crippen LogP) is 3.20. The van der Waals surface area contributed by atoms with Crippen molar-refractivity contribution in [2.24, 2.45) is 11.8 Å². The summed E-state index contributed by atoms with van der Waals surface area (Å²) in [7, 11) is 13.4. The Morgan fingerprint density at radius 2 is 1.55 bits per heavy atom. The zero-order valence-corrected chi connectivity index (χ0v) is 16.1. The molecular formula is C13H21Cl2N2O2Zr. The maximum absolute atomic E-state index is 12.0. The van der Waals surface area contributed by atoms with Gasteiger partial charge in [0.1, 0.15) is 0 Å². The standard InChI is InChI=1S/C5H5.2C4H9NO.2ClH.Zr/c1-2-4-5-3-1;2*1-3(2)4(5)6;;;/h1-3H,4H2;2*3H,1-2H3,(H2,5,6);2*1H;/q;;;;;+4/p-4. The Hall–Kier alpha value is -0.117. The maximum atomic E-state index is 12.0. The molecule has 0 fully saturated rings. The topological polar surface area (TPSA) is 58.2 Å². The van der Waals surface area contributed by atoms with Gasteiger partial charge in [0.05, 0.1) is 0 Å². The number of nitrogens with one attached hydrogen (secondary N) is 2.